The third-order valence-corrected chi connectivity index (χ3v) is 4.06. The van der Waals surface area contributed by atoms with Crippen LogP contribution in [0.25, 0.3) is 5.82 Å². The summed E-state index contributed by atoms with van der Waals surface area (Å²) in [5.74, 6) is -0.0319. The van der Waals surface area contributed by atoms with Crippen molar-refractivity contribution in [1.82, 2.24) is 14.8 Å². The molecule has 0 aliphatic carbocycles. The van der Waals surface area contributed by atoms with Gasteiger partial charge >= 0.3 is 5.97 Å². The second-order valence-electron chi connectivity index (χ2n) is 6.11. The molecular formula is C20H20N4O3. The lowest BCUT2D eigenvalue weighted by Gasteiger charge is -2.11. The third kappa shape index (κ3) is 4.20. The molecule has 1 N–H and O–H groups in total. The molecule has 7 nitrogen and oxygen atoms in total. The van der Waals surface area contributed by atoms with Gasteiger partial charge in [0.05, 0.1) is 24.8 Å². The molecule has 0 aliphatic heterocycles. The summed E-state index contributed by atoms with van der Waals surface area (Å²) < 4.78 is 6.42. The number of amides is 1. The van der Waals surface area contributed by atoms with Crippen molar-refractivity contribution in [2.45, 2.75) is 20.3 Å². The fourth-order valence-corrected chi connectivity index (χ4v) is 2.73. The maximum Gasteiger partial charge on any atom is 0.310 e. The van der Waals surface area contributed by atoms with E-state index in [1.54, 1.807) is 41.1 Å². The lowest BCUT2D eigenvalue weighted by molar-refractivity contribution is -0.139. The molecule has 3 aromatic rings. The molecule has 0 aliphatic rings. The highest BCUT2D eigenvalue weighted by atomic mass is 16.5. The summed E-state index contributed by atoms with van der Waals surface area (Å²) in [6, 6.07) is 12.5. The van der Waals surface area contributed by atoms with Gasteiger partial charge < -0.3 is 10.1 Å². The number of anilines is 1. The highest BCUT2D eigenvalue weighted by Crippen LogP contribution is 2.18. The Kier molecular flexibility index (Phi) is 5.30. The van der Waals surface area contributed by atoms with Gasteiger partial charge in [-0.1, -0.05) is 18.2 Å². The number of nitrogens with zero attached hydrogens (tertiary/aromatic N) is 3. The highest BCUT2D eigenvalue weighted by Gasteiger charge is 2.13. The van der Waals surface area contributed by atoms with Gasteiger partial charge in [0.25, 0.3) is 5.91 Å². The van der Waals surface area contributed by atoms with Crippen molar-refractivity contribution in [2.75, 3.05) is 12.4 Å². The van der Waals surface area contributed by atoms with E-state index < -0.39 is 0 Å². The Labute approximate surface area is 157 Å². The number of carbonyl (C=O) groups excluding carboxylic acids is 2. The number of pyridine rings is 1. The molecule has 0 saturated carbocycles. The van der Waals surface area contributed by atoms with E-state index in [0.717, 1.165) is 11.4 Å². The van der Waals surface area contributed by atoms with E-state index in [1.165, 1.54) is 13.3 Å². The number of rotatable bonds is 5. The van der Waals surface area contributed by atoms with Crippen LogP contribution in [0.3, 0.4) is 0 Å². The molecule has 0 spiro atoms. The summed E-state index contributed by atoms with van der Waals surface area (Å²) >= 11 is 0. The minimum absolute atomic E-state index is 0.0854. The molecule has 0 bridgehead atoms. The van der Waals surface area contributed by atoms with Gasteiger partial charge in [-0.15, -0.1) is 0 Å². The number of ether oxygens (including phenoxy) is 1. The highest BCUT2D eigenvalue weighted by molar-refractivity contribution is 6.04. The number of esters is 1. The topological polar surface area (TPSA) is 86.1 Å². The van der Waals surface area contributed by atoms with Gasteiger partial charge in [0.2, 0.25) is 0 Å². The van der Waals surface area contributed by atoms with Crippen molar-refractivity contribution >= 4 is 17.6 Å². The summed E-state index contributed by atoms with van der Waals surface area (Å²) in [4.78, 5) is 28.4. The van der Waals surface area contributed by atoms with Crippen LogP contribution in [-0.4, -0.2) is 33.8 Å². The zero-order chi connectivity index (χ0) is 19.4. The van der Waals surface area contributed by atoms with E-state index in [2.05, 4.69) is 15.4 Å². The molecule has 27 heavy (non-hydrogen) atoms. The number of benzene rings is 1. The average molecular weight is 364 g/mol. The maximum absolute atomic E-state index is 12.6. The fraction of sp³-hybridized carbons (Fsp3) is 0.200. The van der Waals surface area contributed by atoms with Crippen LogP contribution in [0.15, 0.2) is 48.7 Å². The van der Waals surface area contributed by atoms with Crippen LogP contribution >= 0.6 is 0 Å². The summed E-state index contributed by atoms with van der Waals surface area (Å²) in [6.45, 7) is 3.86. The minimum atomic E-state index is -0.368. The van der Waals surface area contributed by atoms with Crippen molar-refractivity contribution in [2.24, 2.45) is 0 Å². The quantitative estimate of drug-likeness (QED) is 0.704. The number of hydrogen-bond donors (Lipinski definition) is 1. The molecular weight excluding hydrogens is 344 g/mol. The van der Waals surface area contributed by atoms with Gasteiger partial charge in [0.15, 0.2) is 5.82 Å². The number of para-hydroxylation sites is 1. The lowest BCUT2D eigenvalue weighted by Crippen LogP contribution is -2.15. The second-order valence-corrected chi connectivity index (χ2v) is 6.11. The van der Waals surface area contributed by atoms with Crippen LogP contribution in [0.4, 0.5) is 5.69 Å². The molecule has 0 fully saturated rings. The predicted molar refractivity (Wildman–Crippen MR) is 101 cm³/mol. The normalized spacial score (nSPS) is 10.5. The van der Waals surface area contributed by atoms with Crippen LogP contribution < -0.4 is 5.32 Å². The Morgan fingerprint density at radius 1 is 1.15 bits per heavy atom. The van der Waals surface area contributed by atoms with Crippen molar-refractivity contribution in [1.29, 1.82) is 0 Å². The Bertz CT molecular complexity index is 977. The van der Waals surface area contributed by atoms with Crippen LogP contribution in [0, 0.1) is 13.8 Å². The van der Waals surface area contributed by atoms with Gasteiger partial charge in [0.1, 0.15) is 0 Å². The van der Waals surface area contributed by atoms with E-state index >= 15 is 0 Å². The molecule has 1 aromatic carbocycles. The van der Waals surface area contributed by atoms with Gasteiger partial charge in [-0.3, -0.25) is 9.59 Å². The predicted octanol–water partition coefficient (Wildman–Crippen LogP) is 2.85. The monoisotopic (exact) mass is 364 g/mol. The molecule has 0 unspecified atom stereocenters. The number of hydrogen-bond acceptors (Lipinski definition) is 5. The minimum Gasteiger partial charge on any atom is -0.469 e. The second kappa shape index (κ2) is 7.82. The van der Waals surface area contributed by atoms with Gasteiger partial charge in [-0.2, -0.15) is 5.10 Å². The van der Waals surface area contributed by atoms with Crippen LogP contribution in [-0.2, 0) is 16.0 Å². The molecule has 2 heterocycles. The molecule has 1 amide bonds. The SMILES string of the molecule is COC(=O)Cc1ccccc1NC(=O)c1ccc(-n2nc(C)cc2C)nc1. The van der Waals surface area contributed by atoms with Crippen molar-refractivity contribution in [3.05, 3.63) is 71.2 Å². The molecule has 0 saturated heterocycles. The van der Waals surface area contributed by atoms with Gasteiger partial charge in [0, 0.05) is 17.6 Å². The Hall–Kier alpha value is -3.48. The molecule has 7 heteroatoms. The Morgan fingerprint density at radius 2 is 1.93 bits per heavy atom. The van der Waals surface area contributed by atoms with Crippen molar-refractivity contribution < 1.29 is 14.3 Å². The van der Waals surface area contributed by atoms with Crippen LogP contribution in [0.1, 0.15) is 27.3 Å². The fourth-order valence-electron chi connectivity index (χ4n) is 2.73. The van der Waals surface area contributed by atoms with E-state index in [0.29, 0.717) is 22.6 Å². The smallest absolute Gasteiger partial charge is 0.310 e. The number of aryl methyl sites for hydroxylation is 2. The number of nitrogens with one attached hydrogen (secondary N) is 1. The Morgan fingerprint density at radius 3 is 2.56 bits per heavy atom. The molecule has 0 radical (unpaired) electrons. The van der Waals surface area contributed by atoms with E-state index in [1.807, 2.05) is 19.9 Å². The summed E-state index contributed by atoms with van der Waals surface area (Å²) in [6.07, 6.45) is 1.59. The van der Waals surface area contributed by atoms with Crippen molar-refractivity contribution in [3.63, 3.8) is 0 Å². The van der Waals surface area contributed by atoms with Crippen LogP contribution in [0.5, 0.6) is 0 Å². The summed E-state index contributed by atoms with van der Waals surface area (Å²) in [7, 11) is 1.33. The van der Waals surface area contributed by atoms with E-state index in [-0.39, 0.29) is 18.3 Å². The average Bonchev–Trinajstić information content (AvgIpc) is 3.01. The maximum atomic E-state index is 12.6. The molecule has 0 atom stereocenters. The zero-order valence-electron chi connectivity index (χ0n) is 15.4. The lowest BCUT2D eigenvalue weighted by atomic mass is 10.1. The molecule has 138 valence electrons. The molecule has 2 aromatic heterocycles. The first kappa shape index (κ1) is 18.3. The van der Waals surface area contributed by atoms with Crippen molar-refractivity contribution in [3.8, 4) is 5.82 Å². The number of methoxy groups -OCH3 is 1. The summed E-state index contributed by atoms with van der Waals surface area (Å²) in [5.41, 5.74) is 3.53. The summed E-state index contributed by atoms with van der Waals surface area (Å²) in [5, 5.41) is 7.20. The zero-order valence-corrected chi connectivity index (χ0v) is 15.4. The largest absolute Gasteiger partial charge is 0.469 e. The first-order chi connectivity index (χ1) is 13.0. The standard InChI is InChI=1S/C20H20N4O3/c1-13-10-14(2)24(23-13)18-9-8-16(12-21-18)20(26)22-17-7-5-4-6-15(17)11-19(25)27-3/h4-10,12H,11H2,1-3H3,(H,22,26). The van der Waals surface area contributed by atoms with E-state index in [9.17, 15) is 9.59 Å². The Balaban J connectivity index is 1.77. The van der Waals surface area contributed by atoms with Gasteiger partial charge in [-0.25, -0.2) is 9.67 Å². The van der Waals surface area contributed by atoms with E-state index in [4.69, 9.17) is 4.74 Å². The van der Waals surface area contributed by atoms with Gasteiger partial charge in [-0.05, 0) is 43.7 Å². The first-order valence-corrected chi connectivity index (χ1v) is 8.43. The number of aromatic nitrogens is 3. The molecule has 3 rings (SSSR count). The first-order valence-electron chi connectivity index (χ1n) is 8.43. The van der Waals surface area contributed by atoms with Crippen LogP contribution in [0.2, 0.25) is 0 Å². The number of carbonyl (C=O) groups is 2. The third-order valence-electron chi connectivity index (χ3n) is 4.06.